The minimum absolute atomic E-state index is 0.219. The molecule has 0 bridgehead atoms. The molecular weight excluding hydrogens is 356 g/mol. The van der Waals surface area contributed by atoms with Gasteiger partial charge in [-0.1, -0.05) is 66.2 Å². The van der Waals surface area contributed by atoms with E-state index in [2.05, 4.69) is 4.40 Å². The van der Waals surface area contributed by atoms with Crippen molar-refractivity contribution in [2.75, 3.05) is 4.90 Å². The van der Waals surface area contributed by atoms with Crippen LogP contribution in [-0.2, 0) is 23.0 Å². The highest BCUT2D eigenvalue weighted by molar-refractivity contribution is 7.90. The maximum atomic E-state index is 12.8. The van der Waals surface area contributed by atoms with Crippen LogP contribution >= 0.6 is 0 Å². The molecule has 0 N–H and O–H groups in total. The number of hydrogen-bond acceptors (Lipinski definition) is 2. The van der Waals surface area contributed by atoms with Crippen LogP contribution < -0.4 is 4.90 Å². The first-order valence-electron chi connectivity index (χ1n) is 8.83. The van der Waals surface area contributed by atoms with Gasteiger partial charge >= 0.3 is 0 Å². The number of amidine groups is 1. The number of anilines is 1. The number of rotatable bonds is 4. The second-order valence-corrected chi connectivity index (χ2v) is 8.28. The standard InChI is InChI=1S/C22H20N2O2S/c1-17-11-13-20(14-12-17)27(25,26)23-22-15-19-9-5-6-10-21(19)24(22)16-18-7-3-2-4-8-18/h2-14H,15-16H2,1H3. The van der Waals surface area contributed by atoms with Crippen molar-refractivity contribution in [2.24, 2.45) is 4.40 Å². The van der Waals surface area contributed by atoms with E-state index in [1.807, 2.05) is 66.4 Å². The molecule has 27 heavy (non-hydrogen) atoms. The normalized spacial score (nSPS) is 15.1. The summed E-state index contributed by atoms with van der Waals surface area (Å²) in [7, 11) is -3.76. The zero-order valence-corrected chi connectivity index (χ0v) is 15.9. The van der Waals surface area contributed by atoms with Gasteiger partial charge in [0.25, 0.3) is 10.0 Å². The van der Waals surface area contributed by atoms with Crippen LogP contribution in [0.2, 0.25) is 0 Å². The molecule has 0 amide bonds. The molecule has 0 saturated carbocycles. The molecule has 1 heterocycles. The zero-order chi connectivity index (χ0) is 18.9. The van der Waals surface area contributed by atoms with Crippen LogP contribution in [0.4, 0.5) is 5.69 Å². The summed E-state index contributed by atoms with van der Waals surface area (Å²) < 4.78 is 29.9. The number of benzene rings is 3. The highest BCUT2D eigenvalue weighted by Crippen LogP contribution is 2.31. The molecule has 0 spiro atoms. The lowest BCUT2D eigenvalue weighted by Gasteiger charge is -2.20. The molecule has 0 aliphatic carbocycles. The monoisotopic (exact) mass is 376 g/mol. The van der Waals surface area contributed by atoms with Crippen LogP contribution in [0.1, 0.15) is 16.7 Å². The molecular formula is C22H20N2O2S. The predicted octanol–water partition coefficient (Wildman–Crippen LogP) is 4.35. The maximum Gasteiger partial charge on any atom is 0.283 e. The lowest BCUT2D eigenvalue weighted by molar-refractivity contribution is 0.598. The number of nitrogens with zero attached hydrogens (tertiary/aromatic N) is 2. The Morgan fingerprint density at radius 1 is 0.889 bits per heavy atom. The fourth-order valence-corrected chi connectivity index (χ4v) is 4.28. The van der Waals surface area contributed by atoms with Gasteiger partial charge in [0.15, 0.2) is 0 Å². The van der Waals surface area contributed by atoms with Crippen molar-refractivity contribution in [2.45, 2.75) is 24.8 Å². The molecule has 0 fully saturated rings. The van der Waals surface area contributed by atoms with Crippen LogP contribution in [0, 0.1) is 6.92 Å². The number of fused-ring (bicyclic) bond motifs is 1. The Kier molecular flexibility index (Phi) is 4.54. The Morgan fingerprint density at radius 2 is 1.56 bits per heavy atom. The van der Waals surface area contributed by atoms with Gasteiger partial charge < -0.3 is 4.90 Å². The Morgan fingerprint density at radius 3 is 2.30 bits per heavy atom. The first-order chi connectivity index (χ1) is 13.0. The van der Waals surface area contributed by atoms with Gasteiger partial charge in [-0.3, -0.25) is 0 Å². The van der Waals surface area contributed by atoms with Gasteiger partial charge in [0.2, 0.25) is 0 Å². The summed E-state index contributed by atoms with van der Waals surface area (Å²) in [4.78, 5) is 2.22. The van der Waals surface area contributed by atoms with E-state index in [0.717, 1.165) is 22.4 Å². The lowest BCUT2D eigenvalue weighted by Crippen LogP contribution is -2.27. The predicted molar refractivity (Wildman–Crippen MR) is 109 cm³/mol. The molecule has 1 aliphatic heterocycles. The Labute approximate surface area is 159 Å². The van der Waals surface area contributed by atoms with Crippen molar-refractivity contribution in [1.82, 2.24) is 0 Å². The molecule has 0 atom stereocenters. The van der Waals surface area contributed by atoms with Crippen molar-refractivity contribution < 1.29 is 8.42 Å². The fraction of sp³-hybridized carbons (Fsp3) is 0.136. The summed E-state index contributed by atoms with van der Waals surface area (Å²) in [5.74, 6) is 0.556. The van der Waals surface area contributed by atoms with Gasteiger partial charge in [0.05, 0.1) is 4.90 Å². The summed E-state index contributed by atoms with van der Waals surface area (Å²) in [6, 6.07) is 24.8. The topological polar surface area (TPSA) is 49.7 Å². The summed E-state index contributed by atoms with van der Waals surface area (Å²) in [6.45, 7) is 2.51. The molecule has 3 aromatic carbocycles. The van der Waals surface area contributed by atoms with Crippen molar-refractivity contribution in [1.29, 1.82) is 0 Å². The number of aryl methyl sites for hydroxylation is 1. The van der Waals surface area contributed by atoms with Crippen LogP contribution in [0.5, 0.6) is 0 Å². The third-order valence-corrected chi connectivity index (χ3v) is 5.99. The molecule has 4 rings (SSSR count). The van der Waals surface area contributed by atoms with Crippen LogP contribution in [0.15, 0.2) is 88.2 Å². The van der Waals surface area contributed by atoms with E-state index in [1.165, 1.54) is 0 Å². The smallest absolute Gasteiger partial charge is 0.283 e. The van der Waals surface area contributed by atoms with E-state index >= 15 is 0 Å². The van der Waals surface area contributed by atoms with E-state index in [0.29, 0.717) is 18.8 Å². The Hall–Kier alpha value is -2.92. The molecule has 0 aromatic heterocycles. The Bertz CT molecular complexity index is 1090. The van der Waals surface area contributed by atoms with E-state index in [9.17, 15) is 8.42 Å². The van der Waals surface area contributed by atoms with Crippen molar-refractivity contribution >= 4 is 21.5 Å². The minimum Gasteiger partial charge on any atom is -0.324 e. The molecule has 0 unspecified atom stereocenters. The van der Waals surface area contributed by atoms with Gasteiger partial charge in [-0.25, -0.2) is 0 Å². The van der Waals surface area contributed by atoms with Gasteiger partial charge in [-0.15, -0.1) is 4.40 Å². The molecule has 0 radical (unpaired) electrons. The van der Waals surface area contributed by atoms with Crippen LogP contribution in [0.3, 0.4) is 0 Å². The summed E-state index contributed by atoms with van der Waals surface area (Å²) >= 11 is 0. The van der Waals surface area contributed by atoms with E-state index < -0.39 is 10.0 Å². The van der Waals surface area contributed by atoms with Crippen LogP contribution in [-0.4, -0.2) is 14.3 Å². The molecule has 4 nitrogen and oxygen atoms in total. The zero-order valence-electron chi connectivity index (χ0n) is 15.0. The van der Waals surface area contributed by atoms with Gasteiger partial charge in [-0.05, 0) is 36.2 Å². The third kappa shape index (κ3) is 3.64. The third-order valence-electron chi connectivity index (χ3n) is 4.67. The van der Waals surface area contributed by atoms with E-state index in [-0.39, 0.29) is 4.90 Å². The van der Waals surface area contributed by atoms with Gasteiger partial charge in [-0.2, -0.15) is 8.42 Å². The lowest BCUT2D eigenvalue weighted by atomic mass is 10.1. The molecule has 136 valence electrons. The second kappa shape index (κ2) is 7.00. The number of sulfonamides is 1. The summed E-state index contributed by atoms with van der Waals surface area (Å²) in [5, 5.41) is 0. The average molecular weight is 376 g/mol. The van der Waals surface area contributed by atoms with Crippen LogP contribution in [0.25, 0.3) is 0 Å². The highest BCUT2D eigenvalue weighted by Gasteiger charge is 2.27. The maximum absolute atomic E-state index is 12.8. The van der Waals surface area contributed by atoms with Gasteiger partial charge in [0, 0.05) is 18.7 Å². The average Bonchev–Trinajstić information content (AvgIpc) is 2.99. The summed E-state index contributed by atoms with van der Waals surface area (Å²) in [6.07, 6.45) is 0.508. The van der Waals surface area contributed by atoms with Crippen molar-refractivity contribution in [3.8, 4) is 0 Å². The van der Waals surface area contributed by atoms with Gasteiger partial charge in [0.1, 0.15) is 5.84 Å². The SMILES string of the molecule is Cc1ccc(S(=O)(=O)N=C2Cc3ccccc3N2Cc2ccccc2)cc1. The number of para-hydroxylation sites is 1. The first kappa shape index (κ1) is 17.5. The van der Waals surface area contributed by atoms with E-state index in [4.69, 9.17) is 0 Å². The van der Waals surface area contributed by atoms with Crippen molar-refractivity contribution in [3.05, 3.63) is 95.6 Å². The van der Waals surface area contributed by atoms with Crippen molar-refractivity contribution in [3.63, 3.8) is 0 Å². The minimum atomic E-state index is -3.76. The molecule has 3 aromatic rings. The highest BCUT2D eigenvalue weighted by atomic mass is 32.2. The number of hydrogen-bond donors (Lipinski definition) is 0. The molecule has 5 heteroatoms. The molecule has 0 saturated heterocycles. The largest absolute Gasteiger partial charge is 0.324 e. The summed E-state index contributed by atoms with van der Waals surface area (Å²) in [5.41, 5.74) is 4.22. The Balaban J connectivity index is 1.74. The fourth-order valence-electron chi connectivity index (χ4n) is 3.25. The van der Waals surface area contributed by atoms with E-state index in [1.54, 1.807) is 24.3 Å². The molecule has 1 aliphatic rings. The first-order valence-corrected chi connectivity index (χ1v) is 10.3. The second-order valence-electron chi connectivity index (χ2n) is 6.67. The quantitative estimate of drug-likeness (QED) is 0.680.